The van der Waals surface area contributed by atoms with E-state index < -0.39 is 44.7 Å². The number of nitrogens with two attached hydrogens (primary N) is 1. The van der Waals surface area contributed by atoms with E-state index in [2.05, 4.69) is 9.51 Å². The number of phosphoric ester groups is 1. The molecule has 0 saturated carbocycles. The van der Waals surface area contributed by atoms with E-state index in [1.54, 1.807) is 0 Å². The third kappa shape index (κ3) is 3.83. The number of nitrogen functional groups attached to an aromatic ring is 1. The van der Waals surface area contributed by atoms with Gasteiger partial charge in [0.05, 0.1) is 10.2 Å². The molecule has 0 unspecified atom stereocenters. The average Bonchev–Trinajstić information content (AvgIpc) is 2.68. The van der Waals surface area contributed by atoms with Crippen LogP contribution in [0.2, 0.25) is 0 Å². The lowest BCUT2D eigenvalue weighted by Gasteiger charge is -2.17. The number of rotatable bonds is 4. The lowest BCUT2D eigenvalue weighted by Crippen LogP contribution is -2.36. The van der Waals surface area contributed by atoms with E-state index in [0.717, 1.165) is 4.57 Å². The lowest BCUT2D eigenvalue weighted by atomic mass is 10.1. The van der Waals surface area contributed by atoms with Gasteiger partial charge in [0.2, 0.25) is 0 Å². The van der Waals surface area contributed by atoms with Gasteiger partial charge < -0.3 is 30.5 Å². The summed E-state index contributed by atoms with van der Waals surface area (Å²) >= 11 is 1.82. The zero-order chi connectivity index (χ0) is 16.7. The molecule has 1 fully saturated rings. The number of hydrogen-bond donors (Lipinski definition) is 5. The van der Waals surface area contributed by atoms with E-state index in [9.17, 15) is 19.6 Å². The van der Waals surface area contributed by atoms with Gasteiger partial charge >= 0.3 is 13.5 Å². The molecule has 0 amide bonds. The van der Waals surface area contributed by atoms with Crippen molar-refractivity contribution < 1.29 is 33.8 Å². The number of nitrogens with zero attached hydrogens (tertiary/aromatic N) is 2. The van der Waals surface area contributed by atoms with Gasteiger partial charge in [-0.05, 0) is 22.6 Å². The van der Waals surface area contributed by atoms with Crippen LogP contribution >= 0.6 is 30.4 Å². The van der Waals surface area contributed by atoms with Gasteiger partial charge in [0.15, 0.2) is 6.23 Å². The van der Waals surface area contributed by atoms with E-state index in [-0.39, 0.29) is 5.82 Å². The van der Waals surface area contributed by atoms with E-state index in [4.69, 9.17) is 20.3 Å². The quantitative estimate of drug-likeness (QED) is 0.259. The van der Waals surface area contributed by atoms with Crippen molar-refractivity contribution in [2.24, 2.45) is 0 Å². The summed E-state index contributed by atoms with van der Waals surface area (Å²) in [5.41, 5.74) is 4.68. The maximum atomic E-state index is 11.8. The minimum atomic E-state index is -4.75. The van der Waals surface area contributed by atoms with E-state index in [1.807, 2.05) is 22.6 Å². The van der Waals surface area contributed by atoms with Crippen molar-refractivity contribution in [2.45, 2.75) is 24.5 Å². The smallest absolute Gasteiger partial charge is 0.387 e. The summed E-state index contributed by atoms with van der Waals surface area (Å²) in [5, 5.41) is 19.8. The summed E-state index contributed by atoms with van der Waals surface area (Å²) in [5.74, 6) is 0.0104. The average molecular weight is 449 g/mol. The van der Waals surface area contributed by atoms with Crippen molar-refractivity contribution in [1.82, 2.24) is 9.55 Å². The molecule has 2 rings (SSSR count). The number of phosphoric acid groups is 1. The first kappa shape index (κ1) is 17.7. The summed E-state index contributed by atoms with van der Waals surface area (Å²) in [6, 6.07) is 0. The Morgan fingerprint density at radius 3 is 2.68 bits per heavy atom. The Hall–Kier alpha value is -0.600. The SMILES string of the molecule is Nc1nc(=O)n([C@@H]2O[C@H](COP(=O)(O)O)[C@@H](O)[C@H]2O)cc1I. The zero-order valence-electron chi connectivity index (χ0n) is 10.8. The Morgan fingerprint density at radius 1 is 1.45 bits per heavy atom. The van der Waals surface area contributed by atoms with Gasteiger partial charge in [0, 0.05) is 6.20 Å². The number of halogens is 1. The molecule has 1 aliphatic rings. The van der Waals surface area contributed by atoms with Crippen LogP contribution in [0.5, 0.6) is 0 Å². The third-order valence-corrected chi connectivity index (χ3v) is 4.27. The Kier molecular flexibility index (Phi) is 5.23. The molecule has 13 heteroatoms. The third-order valence-electron chi connectivity index (χ3n) is 2.95. The number of aliphatic hydroxyl groups excluding tert-OH is 2. The van der Waals surface area contributed by atoms with Gasteiger partial charge in [-0.25, -0.2) is 9.36 Å². The molecule has 124 valence electrons. The predicted molar refractivity (Wildman–Crippen MR) is 79.5 cm³/mol. The van der Waals surface area contributed by atoms with E-state index >= 15 is 0 Å². The molecule has 4 atom stereocenters. The van der Waals surface area contributed by atoms with Gasteiger partial charge in [-0.15, -0.1) is 0 Å². The van der Waals surface area contributed by atoms with Crippen LogP contribution in [0.15, 0.2) is 11.0 Å². The minimum Gasteiger partial charge on any atom is -0.387 e. The lowest BCUT2D eigenvalue weighted by molar-refractivity contribution is -0.0543. The molecule has 0 bridgehead atoms. The number of aromatic nitrogens is 2. The molecule has 2 heterocycles. The highest BCUT2D eigenvalue weighted by Crippen LogP contribution is 2.38. The van der Waals surface area contributed by atoms with Crippen LogP contribution in [-0.2, 0) is 13.8 Å². The van der Waals surface area contributed by atoms with E-state index in [1.165, 1.54) is 6.20 Å². The van der Waals surface area contributed by atoms with Gasteiger partial charge in [0.1, 0.15) is 24.1 Å². The predicted octanol–water partition coefficient (Wildman–Crippen LogP) is -1.84. The maximum absolute atomic E-state index is 11.8. The van der Waals surface area contributed by atoms with Gasteiger partial charge in [-0.1, -0.05) is 0 Å². The number of anilines is 1. The zero-order valence-corrected chi connectivity index (χ0v) is 13.9. The van der Waals surface area contributed by atoms with Gasteiger partial charge in [0.25, 0.3) is 0 Å². The van der Waals surface area contributed by atoms with Crippen LogP contribution in [-0.4, -0.2) is 54.5 Å². The van der Waals surface area contributed by atoms with Crippen molar-refractivity contribution >= 4 is 36.2 Å². The van der Waals surface area contributed by atoms with E-state index in [0.29, 0.717) is 3.57 Å². The minimum absolute atomic E-state index is 0.0104. The standard InChI is InChI=1S/C9H13IN3O8P/c10-3-1-13(9(16)12-7(3)11)8-6(15)5(14)4(21-8)2-20-22(17,18)19/h1,4-6,8,14-15H,2H2,(H2,11,12,16)(H2,17,18,19)/t4-,5-,6-,8-/m1/s1. The van der Waals surface area contributed by atoms with Crippen molar-refractivity contribution in [3.05, 3.63) is 20.3 Å². The first-order valence-corrected chi connectivity index (χ1v) is 8.47. The molecule has 22 heavy (non-hydrogen) atoms. The van der Waals surface area contributed by atoms with Gasteiger partial charge in [-0.2, -0.15) is 4.98 Å². The maximum Gasteiger partial charge on any atom is 0.469 e. The highest BCUT2D eigenvalue weighted by Gasteiger charge is 2.45. The second-order valence-corrected chi connectivity index (χ2v) is 6.90. The first-order valence-electron chi connectivity index (χ1n) is 5.86. The van der Waals surface area contributed by atoms with Crippen molar-refractivity contribution in [3.8, 4) is 0 Å². The number of aliphatic hydroxyl groups is 2. The molecule has 0 aliphatic carbocycles. The fraction of sp³-hybridized carbons (Fsp3) is 0.556. The van der Waals surface area contributed by atoms with Gasteiger partial charge in [-0.3, -0.25) is 9.09 Å². The fourth-order valence-corrected chi connectivity index (χ4v) is 2.67. The number of hydrogen-bond acceptors (Lipinski definition) is 8. The second kappa shape index (κ2) is 6.49. The normalized spacial score (nSPS) is 29.0. The van der Waals surface area contributed by atoms with Crippen molar-refractivity contribution in [2.75, 3.05) is 12.3 Å². The number of ether oxygens (including phenoxy) is 1. The molecule has 1 aliphatic heterocycles. The molecule has 1 aromatic heterocycles. The summed E-state index contributed by atoms with van der Waals surface area (Å²) in [6.07, 6.45) is -4.23. The largest absolute Gasteiger partial charge is 0.469 e. The Morgan fingerprint density at radius 2 is 2.09 bits per heavy atom. The highest BCUT2D eigenvalue weighted by atomic mass is 127. The van der Waals surface area contributed by atoms with Crippen LogP contribution in [0.4, 0.5) is 5.82 Å². The van der Waals surface area contributed by atoms with Crippen LogP contribution in [0.1, 0.15) is 6.23 Å². The van der Waals surface area contributed by atoms with Crippen molar-refractivity contribution in [1.29, 1.82) is 0 Å². The molecule has 1 saturated heterocycles. The Bertz CT molecular complexity index is 663. The molecule has 0 spiro atoms. The molecule has 6 N–H and O–H groups in total. The summed E-state index contributed by atoms with van der Waals surface area (Å²) in [4.78, 5) is 32.6. The van der Waals surface area contributed by atoms with Crippen LogP contribution in [0.25, 0.3) is 0 Å². The van der Waals surface area contributed by atoms with Crippen LogP contribution in [0, 0.1) is 3.57 Å². The molecular formula is C9H13IN3O8P. The first-order chi connectivity index (χ1) is 10.1. The topological polar surface area (TPSA) is 177 Å². The summed E-state index contributed by atoms with van der Waals surface area (Å²) in [6.45, 7) is -0.659. The molecule has 0 radical (unpaired) electrons. The highest BCUT2D eigenvalue weighted by molar-refractivity contribution is 14.1. The van der Waals surface area contributed by atoms with Crippen LogP contribution < -0.4 is 11.4 Å². The van der Waals surface area contributed by atoms with Crippen molar-refractivity contribution in [3.63, 3.8) is 0 Å². The molecule has 0 aromatic carbocycles. The van der Waals surface area contributed by atoms with Crippen LogP contribution in [0.3, 0.4) is 0 Å². The molecule has 11 nitrogen and oxygen atoms in total. The molecular weight excluding hydrogens is 436 g/mol. The summed E-state index contributed by atoms with van der Waals surface area (Å²) < 4.78 is 21.5. The Labute approximate surface area is 137 Å². The summed E-state index contributed by atoms with van der Waals surface area (Å²) in [7, 11) is -4.75. The Balaban J connectivity index is 2.22. The fourth-order valence-electron chi connectivity index (χ4n) is 1.91. The molecule has 1 aromatic rings. The second-order valence-electron chi connectivity index (χ2n) is 4.50. The monoisotopic (exact) mass is 449 g/mol.